The van der Waals surface area contributed by atoms with Crippen LogP contribution in [-0.2, 0) is 0 Å². The third-order valence-electron chi connectivity index (χ3n) is 2.56. The van der Waals surface area contributed by atoms with Crippen molar-refractivity contribution in [2.24, 2.45) is 5.92 Å². The fourth-order valence-electron chi connectivity index (χ4n) is 1.59. The van der Waals surface area contributed by atoms with Crippen LogP contribution in [0.1, 0.15) is 16.1 Å². The van der Waals surface area contributed by atoms with Crippen LogP contribution < -0.4 is 0 Å². The van der Waals surface area contributed by atoms with Gasteiger partial charge < -0.3 is 10.0 Å². The van der Waals surface area contributed by atoms with Gasteiger partial charge in [0, 0.05) is 31.3 Å². The Kier molecular flexibility index (Phi) is 2.25. The summed E-state index contributed by atoms with van der Waals surface area (Å²) in [7, 11) is 0. The van der Waals surface area contributed by atoms with E-state index in [9.17, 15) is 4.79 Å². The SMILES string of the molecule is Cc1[nH]ncc1C(=O)N1CC(CO)C1. The average Bonchev–Trinajstić information content (AvgIpc) is 2.49. The summed E-state index contributed by atoms with van der Waals surface area (Å²) in [5.74, 6) is 0.257. The number of amides is 1. The Hall–Kier alpha value is -1.36. The van der Waals surface area contributed by atoms with Crippen LogP contribution in [0.3, 0.4) is 0 Å². The summed E-state index contributed by atoms with van der Waals surface area (Å²) in [6.45, 7) is 3.29. The van der Waals surface area contributed by atoms with Gasteiger partial charge in [-0.1, -0.05) is 0 Å². The Labute approximate surface area is 81.7 Å². The third kappa shape index (κ3) is 1.39. The summed E-state index contributed by atoms with van der Waals surface area (Å²) in [4.78, 5) is 13.5. The van der Waals surface area contributed by atoms with Crippen LogP contribution in [0, 0.1) is 12.8 Å². The molecule has 2 N–H and O–H groups in total. The first-order valence-corrected chi connectivity index (χ1v) is 4.62. The van der Waals surface area contributed by atoms with Gasteiger partial charge in [-0.3, -0.25) is 9.89 Å². The van der Waals surface area contributed by atoms with E-state index in [0.29, 0.717) is 18.7 Å². The Morgan fingerprint density at radius 2 is 2.50 bits per heavy atom. The molecule has 0 aromatic carbocycles. The van der Waals surface area contributed by atoms with E-state index in [2.05, 4.69) is 10.2 Å². The second-order valence-electron chi connectivity index (χ2n) is 3.67. The molecule has 1 amide bonds. The zero-order valence-electron chi connectivity index (χ0n) is 8.03. The van der Waals surface area contributed by atoms with E-state index in [1.165, 1.54) is 0 Å². The maximum Gasteiger partial charge on any atom is 0.257 e. The summed E-state index contributed by atoms with van der Waals surface area (Å²) in [6.07, 6.45) is 1.55. The number of likely N-dealkylation sites (tertiary alicyclic amines) is 1. The van der Waals surface area contributed by atoms with Crippen LogP contribution in [0.4, 0.5) is 0 Å². The smallest absolute Gasteiger partial charge is 0.257 e. The molecule has 76 valence electrons. The number of aliphatic hydroxyl groups excluding tert-OH is 1. The Morgan fingerprint density at radius 1 is 1.79 bits per heavy atom. The zero-order chi connectivity index (χ0) is 10.1. The molecule has 0 unspecified atom stereocenters. The standard InChI is InChI=1S/C9H13N3O2/c1-6-8(2-10-11-6)9(14)12-3-7(4-12)5-13/h2,7,13H,3-5H2,1H3,(H,10,11). The minimum atomic E-state index is 0.000880. The van der Waals surface area contributed by atoms with Crippen LogP contribution in [0.2, 0.25) is 0 Å². The first kappa shape index (κ1) is 9.21. The fraction of sp³-hybridized carbons (Fsp3) is 0.556. The summed E-state index contributed by atoms with van der Waals surface area (Å²) in [5, 5.41) is 15.3. The van der Waals surface area contributed by atoms with Crippen LogP contribution in [-0.4, -0.2) is 45.8 Å². The highest BCUT2D eigenvalue weighted by Gasteiger charge is 2.31. The number of aryl methyl sites for hydroxylation is 1. The number of hydrogen-bond donors (Lipinski definition) is 2. The monoisotopic (exact) mass is 195 g/mol. The molecule has 0 saturated carbocycles. The maximum atomic E-state index is 11.8. The molecule has 14 heavy (non-hydrogen) atoms. The fourth-order valence-corrected chi connectivity index (χ4v) is 1.59. The number of hydrogen-bond acceptors (Lipinski definition) is 3. The highest BCUT2D eigenvalue weighted by molar-refractivity contribution is 5.95. The number of aromatic nitrogens is 2. The Morgan fingerprint density at radius 3 is 3.00 bits per heavy atom. The molecule has 0 atom stereocenters. The molecule has 1 aromatic heterocycles. The van der Waals surface area contributed by atoms with E-state index in [4.69, 9.17) is 5.11 Å². The molecule has 0 aliphatic carbocycles. The predicted molar refractivity (Wildman–Crippen MR) is 49.8 cm³/mol. The summed E-state index contributed by atoms with van der Waals surface area (Å²) in [5.41, 5.74) is 1.42. The van der Waals surface area contributed by atoms with Gasteiger partial charge in [0.2, 0.25) is 0 Å². The van der Waals surface area contributed by atoms with Gasteiger partial charge in [0.15, 0.2) is 0 Å². The summed E-state index contributed by atoms with van der Waals surface area (Å²) in [6, 6.07) is 0. The minimum Gasteiger partial charge on any atom is -0.396 e. The van der Waals surface area contributed by atoms with Crippen molar-refractivity contribution < 1.29 is 9.90 Å². The molecule has 5 nitrogen and oxygen atoms in total. The number of carbonyl (C=O) groups is 1. The molecular formula is C9H13N3O2. The van der Waals surface area contributed by atoms with Gasteiger partial charge in [0.25, 0.3) is 5.91 Å². The molecule has 0 spiro atoms. The lowest BCUT2D eigenvalue weighted by Gasteiger charge is -2.38. The molecule has 2 heterocycles. The molecule has 1 aliphatic rings. The number of rotatable bonds is 2. The van der Waals surface area contributed by atoms with Crippen molar-refractivity contribution in [2.75, 3.05) is 19.7 Å². The lowest BCUT2D eigenvalue weighted by Crippen LogP contribution is -2.51. The second-order valence-corrected chi connectivity index (χ2v) is 3.67. The lowest BCUT2D eigenvalue weighted by molar-refractivity contribution is 0.0361. The van der Waals surface area contributed by atoms with Gasteiger partial charge in [-0.2, -0.15) is 5.10 Å². The second kappa shape index (κ2) is 3.42. The van der Waals surface area contributed by atoms with E-state index in [-0.39, 0.29) is 18.4 Å². The van der Waals surface area contributed by atoms with E-state index < -0.39 is 0 Å². The first-order chi connectivity index (χ1) is 6.72. The highest BCUT2D eigenvalue weighted by atomic mass is 16.3. The van der Waals surface area contributed by atoms with Gasteiger partial charge in [-0.15, -0.1) is 0 Å². The van der Waals surface area contributed by atoms with Crippen molar-refractivity contribution in [2.45, 2.75) is 6.92 Å². The van der Waals surface area contributed by atoms with E-state index in [1.54, 1.807) is 11.1 Å². The summed E-state index contributed by atoms with van der Waals surface area (Å²) < 4.78 is 0. The molecule has 1 saturated heterocycles. The van der Waals surface area contributed by atoms with Crippen molar-refractivity contribution in [3.8, 4) is 0 Å². The van der Waals surface area contributed by atoms with Gasteiger partial charge in [0.1, 0.15) is 0 Å². The third-order valence-corrected chi connectivity index (χ3v) is 2.56. The molecule has 1 aromatic rings. The molecule has 0 bridgehead atoms. The van der Waals surface area contributed by atoms with Crippen LogP contribution in [0.15, 0.2) is 6.20 Å². The largest absolute Gasteiger partial charge is 0.396 e. The van der Waals surface area contributed by atoms with Crippen molar-refractivity contribution in [3.05, 3.63) is 17.5 Å². The van der Waals surface area contributed by atoms with Crippen LogP contribution in [0.25, 0.3) is 0 Å². The maximum absolute atomic E-state index is 11.8. The number of nitrogens with one attached hydrogen (secondary N) is 1. The van der Waals surface area contributed by atoms with E-state index in [0.717, 1.165) is 5.69 Å². The molecule has 0 radical (unpaired) electrons. The topological polar surface area (TPSA) is 69.2 Å². The normalized spacial score (nSPS) is 16.9. The Bertz CT molecular complexity index is 342. The number of aromatic amines is 1. The molecule has 1 aliphatic heterocycles. The van der Waals surface area contributed by atoms with Gasteiger partial charge in [-0.25, -0.2) is 0 Å². The van der Waals surface area contributed by atoms with E-state index >= 15 is 0 Å². The van der Waals surface area contributed by atoms with Crippen LogP contribution in [0.5, 0.6) is 0 Å². The molecular weight excluding hydrogens is 182 g/mol. The summed E-state index contributed by atoms with van der Waals surface area (Å²) >= 11 is 0. The Balaban J connectivity index is 2.01. The van der Waals surface area contributed by atoms with Crippen molar-refractivity contribution in [1.82, 2.24) is 15.1 Å². The van der Waals surface area contributed by atoms with Crippen molar-refractivity contribution in [1.29, 1.82) is 0 Å². The number of nitrogens with zero attached hydrogens (tertiary/aromatic N) is 2. The van der Waals surface area contributed by atoms with Gasteiger partial charge in [-0.05, 0) is 6.92 Å². The first-order valence-electron chi connectivity index (χ1n) is 4.62. The number of aliphatic hydroxyl groups is 1. The zero-order valence-corrected chi connectivity index (χ0v) is 8.03. The van der Waals surface area contributed by atoms with E-state index in [1.807, 2.05) is 6.92 Å². The predicted octanol–water partition coefficient (Wildman–Crippen LogP) is -0.218. The lowest BCUT2D eigenvalue weighted by atomic mass is 10.0. The van der Waals surface area contributed by atoms with Gasteiger partial charge >= 0.3 is 0 Å². The molecule has 5 heteroatoms. The number of carbonyl (C=O) groups excluding carboxylic acids is 1. The van der Waals surface area contributed by atoms with Crippen molar-refractivity contribution in [3.63, 3.8) is 0 Å². The molecule has 2 rings (SSSR count). The minimum absolute atomic E-state index is 0.000880. The molecule has 1 fully saturated rings. The number of H-pyrrole nitrogens is 1. The average molecular weight is 195 g/mol. The highest BCUT2D eigenvalue weighted by Crippen LogP contribution is 2.18. The van der Waals surface area contributed by atoms with Crippen LogP contribution >= 0.6 is 0 Å². The van der Waals surface area contributed by atoms with Gasteiger partial charge in [0.05, 0.1) is 11.8 Å². The quantitative estimate of drug-likeness (QED) is 0.685. The van der Waals surface area contributed by atoms with Crippen molar-refractivity contribution >= 4 is 5.91 Å².